The van der Waals surface area contributed by atoms with Gasteiger partial charge >= 0.3 is 5.97 Å². The molecule has 0 aliphatic carbocycles. The van der Waals surface area contributed by atoms with Crippen LogP contribution in [-0.4, -0.2) is 22.7 Å². The summed E-state index contributed by atoms with van der Waals surface area (Å²) >= 11 is 1.09. The van der Waals surface area contributed by atoms with Gasteiger partial charge in [0.25, 0.3) is 0 Å². The minimum Gasteiger partial charge on any atom is -0.494 e. The summed E-state index contributed by atoms with van der Waals surface area (Å²) in [5.74, 6) is 0.460. The molecule has 0 atom stereocenters. The van der Waals surface area contributed by atoms with E-state index in [0.29, 0.717) is 18.1 Å². The van der Waals surface area contributed by atoms with E-state index in [1.807, 2.05) is 19.1 Å². The largest absolute Gasteiger partial charge is 0.494 e. The Morgan fingerprint density at radius 1 is 1.26 bits per heavy atom. The number of carbonyl (C=O) groups is 1. The molecule has 5 nitrogen and oxygen atoms in total. The van der Waals surface area contributed by atoms with Crippen LogP contribution in [0.5, 0.6) is 11.5 Å². The van der Waals surface area contributed by atoms with Crippen LogP contribution in [0.25, 0.3) is 0 Å². The summed E-state index contributed by atoms with van der Waals surface area (Å²) in [6.07, 6.45) is 0. The molecule has 0 saturated carbocycles. The summed E-state index contributed by atoms with van der Waals surface area (Å²) < 4.78 is 10.8. The fourth-order valence-electron chi connectivity index (χ4n) is 1.43. The molecular weight excluding hydrogens is 266 g/mol. The Kier molecular flexibility index (Phi) is 4.35. The Bertz CT molecular complexity index is 550. The summed E-state index contributed by atoms with van der Waals surface area (Å²) in [5.41, 5.74) is 0.608. The van der Waals surface area contributed by atoms with Gasteiger partial charge in [-0.3, -0.25) is 0 Å². The van der Waals surface area contributed by atoms with E-state index in [4.69, 9.17) is 14.6 Å². The van der Waals surface area contributed by atoms with Crippen molar-refractivity contribution in [2.45, 2.75) is 13.5 Å². The number of ether oxygens (including phenoxy) is 2. The van der Waals surface area contributed by atoms with Gasteiger partial charge in [0.15, 0.2) is 0 Å². The minimum atomic E-state index is -1.02. The van der Waals surface area contributed by atoms with Gasteiger partial charge in [0, 0.05) is 5.38 Å². The average molecular weight is 279 g/mol. The average Bonchev–Trinajstić information content (AvgIpc) is 2.87. The summed E-state index contributed by atoms with van der Waals surface area (Å²) in [7, 11) is 0. The molecule has 1 aromatic carbocycles. The van der Waals surface area contributed by atoms with Crippen LogP contribution in [0.2, 0.25) is 0 Å². The SMILES string of the molecule is CCOc1ccc(OCc2csc(C(=O)O)n2)cc1. The van der Waals surface area contributed by atoms with Gasteiger partial charge in [-0.15, -0.1) is 11.3 Å². The van der Waals surface area contributed by atoms with Gasteiger partial charge < -0.3 is 14.6 Å². The normalized spacial score (nSPS) is 10.2. The number of nitrogens with zero attached hydrogens (tertiary/aromatic N) is 1. The number of hydrogen-bond acceptors (Lipinski definition) is 5. The zero-order valence-electron chi connectivity index (χ0n) is 10.3. The monoisotopic (exact) mass is 279 g/mol. The number of aromatic carboxylic acids is 1. The molecule has 0 aliphatic heterocycles. The maximum atomic E-state index is 10.7. The van der Waals surface area contributed by atoms with Crippen molar-refractivity contribution in [1.29, 1.82) is 0 Å². The molecule has 19 heavy (non-hydrogen) atoms. The molecule has 100 valence electrons. The summed E-state index contributed by atoms with van der Waals surface area (Å²) in [6.45, 7) is 2.79. The van der Waals surface area contributed by atoms with E-state index in [1.54, 1.807) is 17.5 Å². The third-order valence-electron chi connectivity index (χ3n) is 2.26. The third-order valence-corrected chi connectivity index (χ3v) is 3.14. The Morgan fingerprint density at radius 2 is 1.89 bits per heavy atom. The maximum Gasteiger partial charge on any atom is 0.365 e. The third kappa shape index (κ3) is 3.69. The van der Waals surface area contributed by atoms with Gasteiger partial charge in [-0.25, -0.2) is 9.78 Å². The van der Waals surface area contributed by atoms with E-state index in [1.165, 1.54) is 0 Å². The molecule has 1 heterocycles. The van der Waals surface area contributed by atoms with Gasteiger partial charge in [0.05, 0.1) is 12.3 Å². The number of thiazole rings is 1. The van der Waals surface area contributed by atoms with Crippen LogP contribution in [-0.2, 0) is 6.61 Å². The summed E-state index contributed by atoms with van der Waals surface area (Å²) in [5, 5.41) is 10.5. The molecule has 0 fully saturated rings. The highest BCUT2D eigenvalue weighted by atomic mass is 32.1. The van der Waals surface area contributed by atoms with Gasteiger partial charge in [0.2, 0.25) is 5.01 Å². The smallest absolute Gasteiger partial charge is 0.365 e. The number of aromatic nitrogens is 1. The van der Waals surface area contributed by atoms with E-state index in [-0.39, 0.29) is 11.6 Å². The first-order valence-corrected chi connectivity index (χ1v) is 6.60. The second-order valence-electron chi connectivity index (χ2n) is 3.64. The van der Waals surface area contributed by atoms with Crippen molar-refractivity contribution in [1.82, 2.24) is 4.98 Å². The Labute approximate surface area is 114 Å². The van der Waals surface area contributed by atoms with E-state index >= 15 is 0 Å². The number of rotatable bonds is 6. The quantitative estimate of drug-likeness (QED) is 0.880. The van der Waals surface area contributed by atoms with Crippen LogP contribution in [0.1, 0.15) is 22.4 Å². The molecule has 1 aromatic heterocycles. The lowest BCUT2D eigenvalue weighted by Gasteiger charge is -2.06. The van der Waals surface area contributed by atoms with E-state index in [0.717, 1.165) is 17.1 Å². The van der Waals surface area contributed by atoms with Gasteiger partial charge in [-0.05, 0) is 31.2 Å². The number of hydrogen-bond donors (Lipinski definition) is 1. The first kappa shape index (κ1) is 13.4. The zero-order valence-corrected chi connectivity index (χ0v) is 11.1. The van der Waals surface area contributed by atoms with Gasteiger partial charge in [-0.1, -0.05) is 0 Å². The van der Waals surface area contributed by atoms with Crippen molar-refractivity contribution in [3.05, 3.63) is 40.3 Å². The van der Waals surface area contributed by atoms with Crippen molar-refractivity contribution < 1.29 is 19.4 Å². The van der Waals surface area contributed by atoms with Crippen molar-refractivity contribution in [2.24, 2.45) is 0 Å². The highest BCUT2D eigenvalue weighted by Gasteiger charge is 2.09. The number of carboxylic acids is 1. The standard InChI is InChI=1S/C13H13NO4S/c1-2-17-10-3-5-11(6-4-10)18-7-9-8-19-12(14-9)13(15)16/h3-6,8H,2,7H2,1H3,(H,15,16). The van der Waals surface area contributed by atoms with Crippen LogP contribution in [0.3, 0.4) is 0 Å². The predicted molar refractivity (Wildman–Crippen MR) is 71.0 cm³/mol. The van der Waals surface area contributed by atoms with Crippen molar-refractivity contribution in [3.63, 3.8) is 0 Å². The number of carboxylic acid groups (broad SMARTS) is 1. The van der Waals surface area contributed by atoms with Crippen molar-refractivity contribution in [3.8, 4) is 11.5 Å². The van der Waals surface area contributed by atoms with Crippen LogP contribution in [0.4, 0.5) is 0 Å². The Balaban J connectivity index is 1.92. The molecule has 0 spiro atoms. The van der Waals surface area contributed by atoms with Crippen molar-refractivity contribution >= 4 is 17.3 Å². The second-order valence-corrected chi connectivity index (χ2v) is 4.50. The molecule has 0 aliphatic rings. The first-order chi connectivity index (χ1) is 9.19. The fraction of sp³-hybridized carbons (Fsp3) is 0.231. The molecule has 0 saturated heterocycles. The lowest BCUT2D eigenvalue weighted by Crippen LogP contribution is -1.99. The van der Waals surface area contributed by atoms with E-state index in [2.05, 4.69) is 4.98 Å². The Morgan fingerprint density at radius 3 is 2.42 bits per heavy atom. The van der Waals surface area contributed by atoms with Crippen molar-refractivity contribution in [2.75, 3.05) is 6.61 Å². The van der Waals surface area contributed by atoms with Crippen LogP contribution in [0.15, 0.2) is 29.6 Å². The molecule has 1 N–H and O–H groups in total. The lowest BCUT2D eigenvalue weighted by atomic mass is 10.3. The van der Waals surface area contributed by atoms with Crippen LogP contribution in [0, 0.1) is 0 Å². The topological polar surface area (TPSA) is 68.7 Å². The molecular formula is C13H13NO4S. The highest BCUT2D eigenvalue weighted by Crippen LogP contribution is 2.19. The molecule has 0 bridgehead atoms. The first-order valence-electron chi connectivity index (χ1n) is 5.72. The molecule has 0 unspecified atom stereocenters. The highest BCUT2D eigenvalue weighted by molar-refractivity contribution is 7.11. The lowest BCUT2D eigenvalue weighted by molar-refractivity contribution is 0.0696. The zero-order chi connectivity index (χ0) is 13.7. The molecule has 0 amide bonds. The van der Waals surface area contributed by atoms with E-state index in [9.17, 15) is 4.79 Å². The summed E-state index contributed by atoms with van der Waals surface area (Å²) in [6, 6.07) is 7.25. The molecule has 0 radical (unpaired) electrons. The predicted octanol–water partition coefficient (Wildman–Crippen LogP) is 2.82. The van der Waals surface area contributed by atoms with Gasteiger partial charge in [0.1, 0.15) is 18.1 Å². The minimum absolute atomic E-state index is 0.0743. The second kappa shape index (κ2) is 6.19. The summed E-state index contributed by atoms with van der Waals surface area (Å²) in [4.78, 5) is 14.6. The maximum absolute atomic E-state index is 10.7. The number of benzene rings is 1. The van der Waals surface area contributed by atoms with Crippen LogP contribution >= 0.6 is 11.3 Å². The fourth-order valence-corrected chi connectivity index (χ4v) is 2.07. The van der Waals surface area contributed by atoms with Crippen LogP contribution < -0.4 is 9.47 Å². The molecule has 6 heteroatoms. The van der Waals surface area contributed by atoms with E-state index < -0.39 is 5.97 Å². The Hall–Kier alpha value is -2.08. The molecule has 2 rings (SSSR count). The van der Waals surface area contributed by atoms with Gasteiger partial charge in [-0.2, -0.15) is 0 Å². The molecule has 2 aromatic rings.